The van der Waals surface area contributed by atoms with Gasteiger partial charge in [0.25, 0.3) is 0 Å². The van der Waals surface area contributed by atoms with Crippen molar-refractivity contribution >= 4 is 23.0 Å². The molecular formula is C10H14N4OS. The van der Waals surface area contributed by atoms with E-state index in [-0.39, 0.29) is 4.99 Å². The van der Waals surface area contributed by atoms with Gasteiger partial charge in [0.15, 0.2) is 0 Å². The summed E-state index contributed by atoms with van der Waals surface area (Å²) in [5, 5.41) is 9.84. The minimum absolute atomic E-state index is 0.243. The summed E-state index contributed by atoms with van der Waals surface area (Å²) in [7, 11) is 0. The van der Waals surface area contributed by atoms with Crippen LogP contribution in [0, 0.1) is 0 Å². The molecule has 0 radical (unpaired) electrons. The molecule has 16 heavy (non-hydrogen) atoms. The Morgan fingerprint density at radius 2 is 2.31 bits per heavy atom. The van der Waals surface area contributed by atoms with Crippen LogP contribution in [0.2, 0.25) is 0 Å². The Hall–Kier alpha value is -1.27. The third-order valence-corrected chi connectivity index (χ3v) is 2.88. The van der Waals surface area contributed by atoms with Crippen molar-refractivity contribution in [3.8, 4) is 0 Å². The fourth-order valence-corrected chi connectivity index (χ4v) is 1.86. The van der Waals surface area contributed by atoms with Crippen molar-refractivity contribution in [1.82, 2.24) is 9.97 Å². The minimum atomic E-state index is -0.635. The topological polar surface area (TPSA) is 75.3 Å². The first-order valence-electron chi connectivity index (χ1n) is 5.07. The lowest BCUT2D eigenvalue weighted by atomic mass is 10.1. The van der Waals surface area contributed by atoms with Gasteiger partial charge in [0.05, 0.1) is 18.0 Å². The molecule has 1 saturated heterocycles. The third kappa shape index (κ3) is 2.28. The van der Waals surface area contributed by atoms with E-state index in [9.17, 15) is 5.11 Å². The summed E-state index contributed by atoms with van der Waals surface area (Å²) < 4.78 is 0. The lowest BCUT2D eigenvalue weighted by Gasteiger charge is -2.19. The number of thiocarbonyl (C=S) groups is 1. The van der Waals surface area contributed by atoms with Crippen LogP contribution in [0.25, 0.3) is 0 Å². The van der Waals surface area contributed by atoms with Crippen molar-refractivity contribution in [2.45, 2.75) is 18.9 Å². The number of hydrogen-bond acceptors (Lipinski definition) is 5. The van der Waals surface area contributed by atoms with Crippen LogP contribution in [-0.2, 0) is 0 Å². The molecule has 1 aliphatic heterocycles. The molecule has 2 rings (SSSR count). The molecule has 1 aliphatic rings. The Labute approximate surface area is 99.3 Å². The normalized spacial score (nSPS) is 24.8. The molecule has 5 nitrogen and oxygen atoms in total. The van der Waals surface area contributed by atoms with Gasteiger partial charge < -0.3 is 15.7 Å². The summed E-state index contributed by atoms with van der Waals surface area (Å²) in [6, 6.07) is 0. The highest BCUT2D eigenvalue weighted by Gasteiger charge is 2.31. The van der Waals surface area contributed by atoms with Gasteiger partial charge in [-0.3, -0.25) is 0 Å². The van der Waals surface area contributed by atoms with Crippen molar-refractivity contribution in [3.63, 3.8) is 0 Å². The van der Waals surface area contributed by atoms with E-state index < -0.39 is 5.60 Å². The summed E-state index contributed by atoms with van der Waals surface area (Å²) in [6.45, 7) is 3.19. The fourth-order valence-electron chi connectivity index (χ4n) is 1.75. The van der Waals surface area contributed by atoms with Gasteiger partial charge in [-0.1, -0.05) is 12.2 Å². The van der Waals surface area contributed by atoms with Gasteiger partial charge in [-0.2, -0.15) is 0 Å². The van der Waals surface area contributed by atoms with E-state index in [0.29, 0.717) is 12.2 Å². The second-order valence-corrected chi connectivity index (χ2v) is 4.73. The van der Waals surface area contributed by atoms with Gasteiger partial charge in [0, 0.05) is 13.1 Å². The van der Waals surface area contributed by atoms with Crippen molar-refractivity contribution in [1.29, 1.82) is 0 Å². The second kappa shape index (κ2) is 3.95. The Bertz CT molecular complexity index is 404. The van der Waals surface area contributed by atoms with E-state index in [2.05, 4.69) is 9.97 Å². The Morgan fingerprint density at radius 1 is 1.56 bits per heavy atom. The highest BCUT2D eigenvalue weighted by atomic mass is 32.1. The van der Waals surface area contributed by atoms with Gasteiger partial charge in [0.1, 0.15) is 16.5 Å². The number of rotatable bonds is 2. The molecule has 0 bridgehead atoms. The smallest absolute Gasteiger partial charge is 0.147 e. The summed E-state index contributed by atoms with van der Waals surface area (Å²) >= 11 is 4.80. The number of anilines is 1. The zero-order chi connectivity index (χ0) is 11.8. The summed E-state index contributed by atoms with van der Waals surface area (Å²) in [5.41, 5.74) is 5.32. The van der Waals surface area contributed by atoms with E-state index in [0.717, 1.165) is 18.8 Å². The number of nitrogens with zero attached hydrogens (tertiary/aromatic N) is 3. The highest BCUT2D eigenvalue weighted by Crippen LogP contribution is 2.24. The van der Waals surface area contributed by atoms with Crippen LogP contribution >= 0.6 is 12.2 Å². The number of β-amino-alcohol motifs (C(OH)–C–C–N with tert-alkyl or cyclic N) is 1. The van der Waals surface area contributed by atoms with Gasteiger partial charge in [0.2, 0.25) is 0 Å². The largest absolute Gasteiger partial charge is 0.388 e. The Morgan fingerprint density at radius 3 is 2.75 bits per heavy atom. The summed E-state index contributed by atoms with van der Waals surface area (Å²) in [5.74, 6) is 0.748. The van der Waals surface area contributed by atoms with Crippen LogP contribution in [0.15, 0.2) is 12.4 Å². The van der Waals surface area contributed by atoms with Crippen molar-refractivity contribution in [2.75, 3.05) is 18.0 Å². The zero-order valence-corrected chi connectivity index (χ0v) is 9.87. The molecule has 86 valence electrons. The molecule has 1 unspecified atom stereocenters. The molecule has 0 aromatic carbocycles. The monoisotopic (exact) mass is 238 g/mol. The molecule has 1 atom stereocenters. The first-order chi connectivity index (χ1) is 7.48. The molecule has 0 saturated carbocycles. The van der Waals surface area contributed by atoms with Crippen molar-refractivity contribution in [2.24, 2.45) is 5.73 Å². The summed E-state index contributed by atoms with van der Waals surface area (Å²) in [6.07, 6.45) is 3.94. The number of aliphatic hydroxyl groups is 1. The van der Waals surface area contributed by atoms with E-state index in [1.807, 2.05) is 11.8 Å². The van der Waals surface area contributed by atoms with Crippen LogP contribution in [0.3, 0.4) is 0 Å². The maximum Gasteiger partial charge on any atom is 0.147 e. The molecule has 1 aromatic heterocycles. The van der Waals surface area contributed by atoms with Crippen molar-refractivity contribution in [3.05, 3.63) is 18.1 Å². The van der Waals surface area contributed by atoms with E-state index in [1.54, 1.807) is 12.4 Å². The van der Waals surface area contributed by atoms with Gasteiger partial charge >= 0.3 is 0 Å². The molecule has 0 spiro atoms. The lowest BCUT2D eigenvalue weighted by Crippen LogP contribution is -2.30. The average Bonchev–Trinajstić information content (AvgIpc) is 2.59. The Balaban J connectivity index is 2.14. The average molecular weight is 238 g/mol. The molecule has 0 amide bonds. The van der Waals surface area contributed by atoms with Gasteiger partial charge in [-0.15, -0.1) is 0 Å². The number of aromatic nitrogens is 2. The van der Waals surface area contributed by atoms with Crippen LogP contribution in [0.4, 0.5) is 5.82 Å². The molecule has 1 fully saturated rings. The molecule has 3 N–H and O–H groups in total. The molecule has 0 aliphatic carbocycles. The molecule has 6 heteroatoms. The third-order valence-electron chi connectivity index (χ3n) is 2.67. The van der Waals surface area contributed by atoms with Crippen LogP contribution in [-0.4, -0.2) is 38.8 Å². The van der Waals surface area contributed by atoms with Gasteiger partial charge in [-0.05, 0) is 13.3 Å². The predicted octanol–water partition coefficient (Wildman–Crippen LogP) is 0.0719. The summed E-state index contributed by atoms with van der Waals surface area (Å²) in [4.78, 5) is 10.6. The SMILES string of the molecule is CC1(O)CCN(c2cnc(C(N)=S)cn2)C1. The highest BCUT2D eigenvalue weighted by molar-refractivity contribution is 7.80. The first kappa shape index (κ1) is 11.2. The maximum atomic E-state index is 9.84. The first-order valence-corrected chi connectivity index (χ1v) is 5.48. The van der Waals surface area contributed by atoms with Crippen molar-refractivity contribution < 1.29 is 5.11 Å². The zero-order valence-electron chi connectivity index (χ0n) is 9.05. The van der Waals surface area contributed by atoms with E-state index in [4.69, 9.17) is 18.0 Å². The number of nitrogens with two attached hydrogens (primary N) is 1. The van der Waals surface area contributed by atoms with Crippen LogP contribution < -0.4 is 10.6 Å². The molecule has 2 heterocycles. The van der Waals surface area contributed by atoms with E-state index >= 15 is 0 Å². The molecular weight excluding hydrogens is 224 g/mol. The number of hydrogen-bond donors (Lipinski definition) is 2. The van der Waals surface area contributed by atoms with Crippen LogP contribution in [0.5, 0.6) is 0 Å². The standard InChI is InChI=1S/C10H14N4OS/c1-10(15)2-3-14(6-10)8-5-12-7(4-13-8)9(11)16/h4-5,15H,2-3,6H2,1H3,(H2,11,16). The van der Waals surface area contributed by atoms with Crippen LogP contribution in [0.1, 0.15) is 19.0 Å². The minimum Gasteiger partial charge on any atom is -0.388 e. The van der Waals surface area contributed by atoms with Gasteiger partial charge in [-0.25, -0.2) is 9.97 Å². The lowest BCUT2D eigenvalue weighted by molar-refractivity contribution is 0.0839. The quantitative estimate of drug-likeness (QED) is 0.710. The fraction of sp³-hybridized carbons (Fsp3) is 0.500. The van der Waals surface area contributed by atoms with E-state index in [1.165, 1.54) is 0 Å². The second-order valence-electron chi connectivity index (χ2n) is 4.29. The maximum absolute atomic E-state index is 9.84. The predicted molar refractivity (Wildman–Crippen MR) is 65.4 cm³/mol. The molecule has 1 aromatic rings. The Kier molecular flexibility index (Phi) is 2.77.